The third kappa shape index (κ3) is 1.52. The average molecular weight is 183 g/mol. The van der Waals surface area contributed by atoms with Crippen LogP contribution in [0.1, 0.15) is 5.56 Å². The highest BCUT2D eigenvalue weighted by Gasteiger charge is 2.12. The first-order valence-corrected chi connectivity index (χ1v) is 3.37. The molecule has 0 heterocycles. The Balaban J connectivity index is 3.34. The lowest BCUT2D eigenvalue weighted by atomic mass is 10.2. The molecule has 5 heteroatoms. The van der Waals surface area contributed by atoms with Gasteiger partial charge in [0.05, 0.1) is 4.92 Å². The smallest absolute Gasteiger partial charge is 0.258 e. The maximum Gasteiger partial charge on any atom is 0.288 e. The summed E-state index contributed by atoms with van der Waals surface area (Å²) in [4.78, 5) is 9.69. The molecule has 0 radical (unpaired) electrons. The van der Waals surface area contributed by atoms with Crippen LogP contribution in [-0.2, 0) is 0 Å². The standard InChI is InChI=1S/C7H3ClN2O2/c8-6-2-1-5(4-9)7(3-6)10(11)12/h1-3H. The van der Waals surface area contributed by atoms with Gasteiger partial charge < -0.3 is 0 Å². The van der Waals surface area contributed by atoms with Gasteiger partial charge in [-0.05, 0) is 12.1 Å². The maximum absolute atomic E-state index is 10.3. The minimum Gasteiger partial charge on any atom is -0.258 e. The third-order valence-corrected chi connectivity index (χ3v) is 1.51. The van der Waals surface area contributed by atoms with Crippen molar-refractivity contribution in [2.75, 3.05) is 0 Å². The molecule has 0 aliphatic carbocycles. The summed E-state index contributed by atoms with van der Waals surface area (Å²) in [5.41, 5.74) is -0.241. The van der Waals surface area contributed by atoms with E-state index in [9.17, 15) is 10.1 Å². The Morgan fingerprint density at radius 3 is 2.75 bits per heavy atom. The summed E-state index contributed by atoms with van der Waals surface area (Å²) >= 11 is 5.50. The van der Waals surface area contributed by atoms with Gasteiger partial charge in [0.15, 0.2) is 0 Å². The topological polar surface area (TPSA) is 66.9 Å². The van der Waals surface area contributed by atoms with Gasteiger partial charge in [-0.2, -0.15) is 5.26 Å². The van der Waals surface area contributed by atoms with Crippen molar-refractivity contribution in [3.8, 4) is 6.07 Å². The molecule has 0 N–H and O–H groups in total. The van der Waals surface area contributed by atoms with Gasteiger partial charge in [0.2, 0.25) is 0 Å². The molecule has 1 aromatic rings. The van der Waals surface area contributed by atoms with E-state index in [0.717, 1.165) is 6.07 Å². The fourth-order valence-electron chi connectivity index (χ4n) is 0.750. The first-order chi connectivity index (χ1) is 5.65. The second-order valence-electron chi connectivity index (χ2n) is 2.03. The molecule has 0 spiro atoms. The molecule has 1 aromatic carbocycles. The zero-order chi connectivity index (χ0) is 9.14. The number of nitro benzene ring substituents is 1. The molecule has 1 rings (SSSR count). The van der Waals surface area contributed by atoms with Crippen molar-refractivity contribution in [2.45, 2.75) is 0 Å². The summed E-state index contributed by atoms with van der Waals surface area (Å²) in [6.07, 6.45) is 0. The van der Waals surface area contributed by atoms with Gasteiger partial charge in [0.1, 0.15) is 11.6 Å². The lowest BCUT2D eigenvalue weighted by Gasteiger charge is -1.93. The predicted molar refractivity (Wildman–Crippen MR) is 42.8 cm³/mol. The van der Waals surface area contributed by atoms with Crippen LogP contribution in [0.2, 0.25) is 5.02 Å². The van der Waals surface area contributed by atoms with Crippen LogP contribution in [0.4, 0.5) is 5.69 Å². The second kappa shape index (κ2) is 3.20. The summed E-state index contributed by atoms with van der Waals surface area (Å²) in [5, 5.41) is 19.0. The van der Waals surface area contributed by atoms with E-state index >= 15 is 0 Å². The van der Waals surface area contributed by atoms with Crippen LogP contribution in [0.5, 0.6) is 0 Å². The van der Waals surface area contributed by atoms with Crippen LogP contribution in [0.25, 0.3) is 0 Å². The molecule has 0 atom stereocenters. The number of nitrogens with zero attached hydrogens (tertiary/aromatic N) is 2. The molecular formula is C7H3ClN2O2. The predicted octanol–water partition coefficient (Wildman–Crippen LogP) is 2.12. The van der Waals surface area contributed by atoms with Crippen LogP contribution < -0.4 is 0 Å². The molecule has 60 valence electrons. The molecule has 0 saturated heterocycles. The number of rotatable bonds is 1. The lowest BCUT2D eigenvalue weighted by Crippen LogP contribution is -1.91. The highest BCUT2D eigenvalue weighted by atomic mass is 35.5. The maximum atomic E-state index is 10.3. The van der Waals surface area contributed by atoms with Gasteiger partial charge in [-0.15, -0.1) is 0 Å². The monoisotopic (exact) mass is 182 g/mol. The first kappa shape index (κ1) is 8.50. The van der Waals surface area contributed by atoms with Crippen molar-refractivity contribution in [1.82, 2.24) is 0 Å². The van der Waals surface area contributed by atoms with Gasteiger partial charge in [-0.3, -0.25) is 10.1 Å². The summed E-state index contributed by atoms with van der Waals surface area (Å²) in [6, 6.07) is 5.61. The van der Waals surface area contributed by atoms with E-state index in [0.29, 0.717) is 0 Å². The Morgan fingerprint density at radius 1 is 1.58 bits per heavy atom. The first-order valence-electron chi connectivity index (χ1n) is 2.99. The molecule has 0 aliphatic rings. The molecular weight excluding hydrogens is 180 g/mol. The number of hydrogen-bond donors (Lipinski definition) is 0. The van der Waals surface area contributed by atoms with Gasteiger partial charge in [-0.25, -0.2) is 0 Å². The van der Waals surface area contributed by atoms with Crippen LogP contribution in [0.3, 0.4) is 0 Å². The van der Waals surface area contributed by atoms with Crippen molar-refractivity contribution in [3.63, 3.8) is 0 Å². The van der Waals surface area contributed by atoms with Crippen LogP contribution >= 0.6 is 11.6 Å². The molecule has 0 aliphatic heterocycles. The Bertz CT molecular complexity index is 370. The summed E-state index contributed by atoms with van der Waals surface area (Å²) in [5.74, 6) is 0. The van der Waals surface area contributed by atoms with E-state index in [1.165, 1.54) is 12.1 Å². The molecule has 0 aromatic heterocycles. The normalized spacial score (nSPS) is 9.00. The third-order valence-electron chi connectivity index (χ3n) is 1.28. The van der Waals surface area contributed by atoms with E-state index in [-0.39, 0.29) is 16.3 Å². The number of halogens is 1. The van der Waals surface area contributed by atoms with Crippen molar-refractivity contribution in [2.24, 2.45) is 0 Å². The van der Waals surface area contributed by atoms with Crippen LogP contribution in [-0.4, -0.2) is 4.92 Å². The highest BCUT2D eigenvalue weighted by molar-refractivity contribution is 6.30. The number of nitriles is 1. The fourth-order valence-corrected chi connectivity index (χ4v) is 0.917. The fraction of sp³-hybridized carbons (Fsp3) is 0. The van der Waals surface area contributed by atoms with E-state index in [1.807, 2.05) is 0 Å². The summed E-state index contributed by atoms with van der Waals surface area (Å²) < 4.78 is 0. The van der Waals surface area contributed by atoms with Crippen molar-refractivity contribution < 1.29 is 4.92 Å². The zero-order valence-electron chi connectivity index (χ0n) is 5.82. The van der Waals surface area contributed by atoms with E-state index in [2.05, 4.69) is 0 Å². The van der Waals surface area contributed by atoms with Gasteiger partial charge >= 0.3 is 0 Å². The number of benzene rings is 1. The van der Waals surface area contributed by atoms with Crippen LogP contribution in [0, 0.1) is 21.4 Å². The van der Waals surface area contributed by atoms with Crippen molar-refractivity contribution >= 4 is 17.3 Å². The largest absolute Gasteiger partial charge is 0.288 e. The van der Waals surface area contributed by atoms with Gasteiger partial charge in [0, 0.05) is 11.1 Å². The minimum absolute atomic E-state index is 0.0180. The number of nitro groups is 1. The van der Waals surface area contributed by atoms with E-state index < -0.39 is 4.92 Å². The van der Waals surface area contributed by atoms with Gasteiger partial charge in [0.25, 0.3) is 5.69 Å². The number of hydrogen-bond acceptors (Lipinski definition) is 3. The Labute approximate surface area is 73.1 Å². The molecule has 4 nitrogen and oxygen atoms in total. The highest BCUT2D eigenvalue weighted by Crippen LogP contribution is 2.21. The molecule has 0 unspecified atom stereocenters. The Hall–Kier alpha value is -1.60. The Morgan fingerprint density at radius 2 is 2.25 bits per heavy atom. The van der Waals surface area contributed by atoms with E-state index in [1.54, 1.807) is 6.07 Å². The molecule has 0 bridgehead atoms. The lowest BCUT2D eigenvalue weighted by molar-refractivity contribution is -0.385. The minimum atomic E-state index is -0.634. The molecule has 0 amide bonds. The summed E-state index contributed by atoms with van der Waals surface area (Å²) in [6.45, 7) is 0. The Kier molecular flexibility index (Phi) is 2.26. The van der Waals surface area contributed by atoms with E-state index in [4.69, 9.17) is 16.9 Å². The molecule has 0 fully saturated rings. The van der Waals surface area contributed by atoms with Crippen LogP contribution in [0.15, 0.2) is 18.2 Å². The van der Waals surface area contributed by atoms with Crippen molar-refractivity contribution in [3.05, 3.63) is 38.9 Å². The van der Waals surface area contributed by atoms with Gasteiger partial charge in [-0.1, -0.05) is 11.6 Å². The second-order valence-corrected chi connectivity index (χ2v) is 2.47. The average Bonchev–Trinajstić information content (AvgIpc) is 2.04. The quantitative estimate of drug-likeness (QED) is 0.494. The SMILES string of the molecule is N#Cc1ccc(Cl)cc1[N+](=O)[O-]. The molecule has 12 heavy (non-hydrogen) atoms. The molecule has 0 saturated carbocycles. The van der Waals surface area contributed by atoms with Crippen molar-refractivity contribution in [1.29, 1.82) is 5.26 Å². The summed E-state index contributed by atoms with van der Waals surface area (Å²) in [7, 11) is 0. The zero-order valence-corrected chi connectivity index (χ0v) is 6.58.